The van der Waals surface area contributed by atoms with Gasteiger partial charge in [0, 0.05) is 0 Å². The van der Waals surface area contributed by atoms with Crippen LogP contribution in [0.5, 0.6) is 0 Å². The summed E-state index contributed by atoms with van der Waals surface area (Å²) < 4.78 is 0. The topological polar surface area (TPSA) is 83.5 Å². The molecule has 0 saturated carbocycles. The lowest BCUT2D eigenvalue weighted by Gasteiger charge is -1.89. The zero-order chi connectivity index (χ0) is 7.15. The second kappa shape index (κ2) is 6.39. The van der Waals surface area contributed by atoms with Gasteiger partial charge in [0.1, 0.15) is 6.10 Å². The fourth-order valence-corrected chi connectivity index (χ4v) is 0. The summed E-state index contributed by atoms with van der Waals surface area (Å²) in [7, 11) is 1.50. The van der Waals surface area contributed by atoms with E-state index in [2.05, 4.69) is 5.73 Å². The zero-order valence-electron chi connectivity index (χ0n) is 4.96. The van der Waals surface area contributed by atoms with E-state index < -0.39 is 12.1 Å². The van der Waals surface area contributed by atoms with Gasteiger partial charge in [-0.1, -0.05) is 0 Å². The first-order chi connectivity index (χ1) is 3.64. The third kappa shape index (κ3) is 9.04. The minimum absolute atomic E-state index is 1.19. The highest BCUT2D eigenvalue weighted by Crippen LogP contribution is 1.73. The average Bonchev–Trinajstić information content (AvgIpc) is 1.72. The van der Waals surface area contributed by atoms with Gasteiger partial charge in [0.05, 0.1) is 0 Å². The first-order valence-corrected chi connectivity index (χ1v) is 2.13. The Morgan fingerprint density at radius 1 is 1.62 bits per heavy atom. The Labute approximate surface area is 47.9 Å². The van der Waals surface area contributed by atoms with Crippen LogP contribution < -0.4 is 5.73 Å². The van der Waals surface area contributed by atoms with Gasteiger partial charge < -0.3 is 15.9 Å². The third-order valence-electron chi connectivity index (χ3n) is 0.357. The van der Waals surface area contributed by atoms with Gasteiger partial charge in [-0.2, -0.15) is 0 Å². The number of hydrogen-bond donors (Lipinski definition) is 3. The number of carboxylic acids is 1. The standard InChI is InChI=1S/C3H6O3.CH5N/c1-2(4)3(5)6;1-2/h2,4H,1H3,(H,5,6);2H2,1H3. The molecule has 4 nitrogen and oxygen atoms in total. The molecule has 8 heavy (non-hydrogen) atoms. The molecule has 0 rings (SSSR count). The van der Waals surface area contributed by atoms with E-state index >= 15 is 0 Å². The Bertz CT molecular complexity index is 62.3. The van der Waals surface area contributed by atoms with Crippen LogP contribution in [-0.4, -0.2) is 29.3 Å². The molecule has 0 aliphatic carbocycles. The molecule has 0 amide bonds. The van der Waals surface area contributed by atoms with E-state index in [-0.39, 0.29) is 0 Å². The molecule has 0 radical (unpaired) electrons. The molecule has 0 saturated heterocycles. The smallest absolute Gasteiger partial charge is 0.332 e. The summed E-state index contributed by atoms with van der Waals surface area (Å²) in [5.74, 6) is -1.19. The van der Waals surface area contributed by atoms with Crippen LogP contribution >= 0.6 is 0 Å². The molecule has 0 aromatic carbocycles. The van der Waals surface area contributed by atoms with Gasteiger partial charge >= 0.3 is 5.97 Å². The van der Waals surface area contributed by atoms with Gasteiger partial charge in [0.2, 0.25) is 0 Å². The Morgan fingerprint density at radius 2 is 1.75 bits per heavy atom. The zero-order valence-corrected chi connectivity index (χ0v) is 4.96. The molecule has 0 spiro atoms. The van der Waals surface area contributed by atoms with Gasteiger partial charge in [-0.05, 0) is 14.0 Å². The number of aliphatic hydroxyl groups excluding tert-OH is 1. The lowest BCUT2D eigenvalue weighted by molar-refractivity contribution is -0.145. The lowest BCUT2D eigenvalue weighted by Crippen LogP contribution is -2.13. The van der Waals surface area contributed by atoms with Gasteiger partial charge in [-0.15, -0.1) is 0 Å². The van der Waals surface area contributed by atoms with Crippen molar-refractivity contribution < 1.29 is 15.0 Å². The van der Waals surface area contributed by atoms with Crippen molar-refractivity contribution in [1.29, 1.82) is 0 Å². The molecule has 0 bridgehead atoms. The molecule has 4 heteroatoms. The molecule has 0 fully saturated rings. The number of rotatable bonds is 1. The van der Waals surface area contributed by atoms with E-state index in [9.17, 15) is 4.79 Å². The van der Waals surface area contributed by atoms with Gasteiger partial charge in [-0.3, -0.25) is 0 Å². The normalized spacial score (nSPS) is 11.0. The van der Waals surface area contributed by atoms with E-state index in [0.29, 0.717) is 0 Å². The first kappa shape index (κ1) is 10.4. The Kier molecular flexibility index (Phi) is 8.30. The molecular weight excluding hydrogens is 110 g/mol. The van der Waals surface area contributed by atoms with Crippen LogP contribution in [-0.2, 0) is 4.79 Å². The van der Waals surface area contributed by atoms with Crippen molar-refractivity contribution in [3.63, 3.8) is 0 Å². The SMILES string of the molecule is CC(O)C(=O)O.CN. The van der Waals surface area contributed by atoms with Gasteiger partial charge in [0.25, 0.3) is 0 Å². The van der Waals surface area contributed by atoms with Crippen LogP contribution in [0.25, 0.3) is 0 Å². The van der Waals surface area contributed by atoms with E-state index in [1.54, 1.807) is 0 Å². The number of carboxylic acid groups (broad SMARTS) is 1. The summed E-state index contributed by atoms with van der Waals surface area (Å²) in [4.78, 5) is 9.45. The van der Waals surface area contributed by atoms with Crippen molar-refractivity contribution in [2.24, 2.45) is 5.73 Å². The van der Waals surface area contributed by atoms with Crippen molar-refractivity contribution in [2.45, 2.75) is 13.0 Å². The molecule has 0 aromatic heterocycles. The minimum Gasteiger partial charge on any atom is -0.479 e. The number of nitrogens with two attached hydrogens (primary N) is 1. The summed E-state index contributed by atoms with van der Waals surface area (Å²) in [5.41, 5.74) is 4.50. The molecule has 50 valence electrons. The van der Waals surface area contributed by atoms with Crippen molar-refractivity contribution in [3.8, 4) is 0 Å². The number of aliphatic hydroxyl groups is 1. The summed E-state index contributed by atoms with van der Waals surface area (Å²) in [5, 5.41) is 15.8. The number of hydrogen-bond acceptors (Lipinski definition) is 3. The third-order valence-corrected chi connectivity index (χ3v) is 0.357. The van der Waals surface area contributed by atoms with Gasteiger partial charge in [-0.25, -0.2) is 4.79 Å². The quantitative estimate of drug-likeness (QED) is 0.416. The Hall–Kier alpha value is -0.610. The number of aliphatic carboxylic acids is 1. The van der Waals surface area contributed by atoms with E-state index in [4.69, 9.17) is 10.2 Å². The molecule has 1 unspecified atom stereocenters. The Morgan fingerprint density at radius 3 is 1.75 bits per heavy atom. The molecule has 0 aliphatic heterocycles. The molecule has 4 N–H and O–H groups in total. The molecule has 1 atom stereocenters. The van der Waals surface area contributed by atoms with Crippen molar-refractivity contribution in [3.05, 3.63) is 0 Å². The second-order valence-electron chi connectivity index (χ2n) is 1.01. The van der Waals surface area contributed by atoms with Crippen LogP contribution in [0.1, 0.15) is 6.92 Å². The summed E-state index contributed by atoms with van der Waals surface area (Å²) in [6.45, 7) is 1.20. The molecule has 0 aromatic rings. The van der Waals surface area contributed by atoms with Crippen LogP contribution in [0.15, 0.2) is 0 Å². The molecule has 0 heterocycles. The van der Waals surface area contributed by atoms with Crippen LogP contribution in [0.3, 0.4) is 0 Å². The maximum atomic E-state index is 9.45. The maximum absolute atomic E-state index is 9.45. The monoisotopic (exact) mass is 121 g/mol. The fourth-order valence-electron chi connectivity index (χ4n) is 0. The molecular formula is C4H11NO3. The Balaban J connectivity index is 0. The predicted octanol–water partition coefficient (Wildman–Crippen LogP) is -0.973. The largest absolute Gasteiger partial charge is 0.479 e. The highest BCUT2D eigenvalue weighted by molar-refractivity contribution is 5.71. The maximum Gasteiger partial charge on any atom is 0.332 e. The summed E-state index contributed by atoms with van der Waals surface area (Å²) in [6, 6.07) is 0. The van der Waals surface area contributed by atoms with Crippen LogP contribution in [0.4, 0.5) is 0 Å². The van der Waals surface area contributed by atoms with Crippen molar-refractivity contribution in [2.75, 3.05) is 7.05 Å². The highest BCUT2D eigenvalue weighted by atomic mass is 16.4. The fraction of sp³-hybridized carbons (Fsp3) is 0.750. The number of carbonyl (C=O) groups is 1. The van der Waals surface area contributed by atoms with Crippen LogP contribution in [0, 0.1) is 0 Å². The highest BCUT2D eigenvalue weighted by Gasteiger charge is 2.01. The summed E-state index contributed by atoms with van der Waals surface area (Å²) in [6.07, 6.45) is -1.23. The predicted molar refractivity (Wildman–Crippen MR) is 29.4 cm³/mol. The summed E-state index contributed by atoms with van der Waals surface area (Å²) >= 11 is 0. The van der Waals surface area contributed by atoms with Crippen molar-refractivity contribution in [1.82, 2.24) is 0 Å². The van der Waals surface area contributed by atoms with E-state index in [1.807, 2.05) is 0 Å². The van der Waals surface area contributed by atoms with E-state index in [0.717, 1.165) is 0 Å². The minimum atomic E-state index is -1.23. The average molecular weight is 121 g/mol. The molecule has 0 aliphatic rings. The lowest BCUT2D eigenvalue weighted by atomic mass is 10.4. The van der Waals surface area contributed by atoms with Crippen LogP contribution in [0.2, 0.25) is 0 Å². The first-order valence-electron chi connectivity index (χ1n) is 2.13. The van der Waals surface area contributed by atoms with Gasteiger partial charge in [0.15, 0.2) is 0 Å². The van der Waals surface area contributed by atoms with Crippen molar-refractivity contribution >= 4 is 5.97 Å². The van der Waals surface area contributed by atoms with E-state index in [1.165, 1.54) is 14.0 Å². The second-order valence-corrected chi connectivity index (χ2v) is 1.01.